The zero-order valence-electron chi connectivity index (χ0n) is 24.4. The molecule has 1 aromatic rings. The van der Waals surface area contributed by atoms with Crippen molar-refractivity contribution in [2.75, 3.05) is 50.9 Å². The Morgan fingerprint density at radius 1 is 1.05 bits per heavy atom. The summed E-state index contributed by atoms with van der Waals surface area (Å²) in [6.45, 7) is 9.91. The Labute approximate surface area is 239 Å². The summed E-state index contributed by atoms with van der Waals surface area (Å²) in [5.41, 5.74) is 5.52. The highest BCUT2D eigenvalue weighted by Crippen LogP contribution is 2.33. The SMILES string of the molecule is CN=C(/C=C(C)/N=C(/C=C(\C)N1CCOCC1)C1CC1)[C@@H]1CCCCN1C(=O)c1cc(C)ccc1NS(C)(=O)=O. The van der Waals surface area contributed by atoms with Gasteiger partial charge in [-0.1, -0.05) is 11.6 Å². The van der Waals surface area contributed by atoms with Gasteiger partial charge in [0.1, 0.15) is 0 Å². The number of piperidine rings is 1. The molecule has 10 heteroatoms. The molecule has 1 aromatic carbocycles. The van der Waals surface area contributed by atoms with Gasteiger partial charge in [-0.15, -0.1) is 0 Å². The number of ether oxygens (including phenoxy) is 1. The van der Waals surface area contributed by atoms with Crippen molar-refractivity contribution in [3.63, 3.8) is 0 Å². The van der Waals surface area contributed by atoms with Crippen molar-refractivity contribution in [1.29, 1.82) is 0 Å². The third-order valence-corrected chi connectivity index (χ3v) is 8.18. The van der Waals surface area contributed by atoms with Gasteiger partial charge in [-0.25, -0.2) is 8.42 Å². The molecule has 40 heavy (non-hydrogen) atoms. The summed E-state index contributed by atoms with van der Waals surface area (Å²) in [4.78, 5) is 27.7. The number of sulfonamides is 1. The Hall–Kier alpha value is -2.98. The largest absolute Gasteiger partial charge is 0.378 e. The van der Waals surface area contributed by atoms with Gasteiger partial charge in [0.25, 0.3) is 5.91 Å². The Balaban J connectivity index is 1.59. The van der Waals surface area contributed by atoms with Crippen molar-refractivity contribution in [3.05, 3.63) is 52.9 Å². The number of nitrogens with zero attached hydrogens (tertiary/aromatic N) is 4. The normalized spacial score (nSPS) is 22.0. The van der Waals surface area contributed by atoms with Crippen LogP contribution in [0.2, 0.25) is 0 Å². The number of likely N-dealkylation sites (tertiary alicyclic amines) is 1. The highest BCUT2D eigenvalue weighted by atomic mass is 32.2. The number of carbonyl (C=O) groups excluding carboxylic acids is 1. The van der Waals surface area contributed by atoms with E-state index in [9.17, 15) is 13.2 Å². The van der Waals surface area contributed by atoms with Crippen LogP contribution in [0.4, 0.5) is 5.69 Å². The van der Waals surface area contributed by atoms with Crippen LogP contribution in [0, 0.1) is 12.8 Å². The fourth-order valence-corrected chi connectivity index (χ4v) is 5.94. The molecule has 0 spiro atoms. The van der Waals surface area contributed by atoms with Crippen LogP contribution >= 0.6 is 0 Å². The first-order valence-corrected chi connectivity index (χ1v) is 16.1. The number of aryl methyl sites for hydroxylation is 1. The lowest BCUT2D eigenvalue weighted by Gasteiger charge is -2.36. The van der Waals surface area contributed by atoms with E-state index in [-0.39, 0.29) is 11.9 Å². The van der Waals surface area contributed by atoms with Crippen LogP contribution < -0.4 is 4.72 Å². The summed E-state index contributed by atoms with van der Waals surface area (Å²) < 4.78 is 32.0. The molecule has 2 saturated heterocycles. The number of aliphatic imine (C=N–C) groups is 2. The van der Waals surface area contributed by atoms with E-state index in [0.29, 0.717) is 23.7 Å². The van der Waals surface area contributed by atoms with Gasteiger partial charge >= 0.3 is 0 Å². The van der Waals surface area contributed by atoms with Crippen LogP contribution in [0.3, 0.4) is 0 Å². The summed E-state index contributed by atoms with van der Waals surface area (Å²) in [6.07, 6.45) is 10.3. The highest BCUT2D eigenvalue weighted by molar-refractivity contribution is 7.92. The lowest BCUT2D eigenvalue weighted by atomic mass is 9.95. The number of hydrogen-bond acceptors (Lipinski definition) is 7. The van der Waals surface area contributed by atoms with E-state index >= 15 is 0 Å². The lowest BCUT2D eigenvalue weighted by Crippen LogP contribution is -2.47. The summed E-state index contributed by atoms with van der Waals surface area (Å²) in [5, 5.41) is 0. The van der Waals surface area contributed by atoms with E-state index in [1.165, 1.54) is 5.70 Å². The third kappa shape index (κ3) is 8.04. The van der Waals surface area contributed by atoms with Crippen LogP contribution in [0.25, 0.3) is 0 Å². The van der Waals surface area contributed by atoms with Crippen LogP contribution in [-0.4, -0.2) is 87.7 Å². The van der Waals surface area contributed by atoms with E-state index in [1.807, 2.05) is 24.8 Å². The third-order valence-electron chi connectivity index (χ3n) is 7.59. The highest BCUT2D eigenvalue weighted by Gasteiger charge is 2.32. The second-order valence-corrected chi connectivity index (χ2v) is 12.8. The van der Waals surface area contributed by atoms with Crippen LogP contribution in [0.1, 0.15) is 61.9 Å². The Bertz CT molecular complexity index is 1320. The van der Waals surface area contributed by atoms with E-state index in [1.54, 1.807) is 25.2 Å². The number of benzene rings is 1. The molecule has 0 radical (unpaired) electrons. The number of rotatable bonds is 9. The fraction of sp³-hybridized carbons (Fsp3) is 0.567. The average Bonchev–Trinajstić information content (AvgIpc) is 3.77. The average molecular weight is 570 g/mol. The molecule has 0 bridgehead atoms. The number of hydrogen-bond donors (Lipinski definition) is 1. The number of carbonyl (C=O) groups is 1. The monoisotopic (exact) mass is 569 g/mol. The summed E-state index contributed by atoms with van der Waals surface area (Å²) >= 11 is 0. The smallest absolute Gasteiger partial charge is 0.256 e. The van der Waals surface area contributed by atoms with Crippen molar-refractivity contribution in [1.82, 2.24) is 9.80 Å². The molecule has 0 aromatic heterocycles. The van der Waals surface area contributed by atoms with Gasteiger partial charge in [0.15, 0.2) is 0 Å². The molecule has 1 aliphatic carbocycles. The minimum absolute atomic E-state index is 0.196. The molecule has 1 amide bonds. The van der Waals surface area contributed by atoms with Gasteiger partial charge in [0.05, 0.1) is 42.5 Å². The first kappa shape index (κ1) is 30.0. The molecule has 4 rings (SSSR count). The number of amides is 1. The molecule has 3 aliphatic rings. The maximum atomic E-state index is 13.9. The van der Waals surface area contributed by atoms with Gasteiger partial charge < -0.3 is 14.5 Å². The molecule has 9 nitrogen and oxygen atoms in total. The van der Waals surface area contributed by atoms with E-state index < -0.39 is 10.0 Å². The van der Waals surface area contributed by atoms with E-state index in [2.05, 4.69) is 27.6 Å². The number of morpholine rings is 1. The molecule has 0 unspecified atom stereocenters. The maximum Gasteiger partial charge on any atom is 0.256 e. The van der Waals surface area contributed by atoms with Crippen molar-refractivity contribution in [2.24, 2.45) is 15.9 Å². The van der Waals surface area contributed by atoms with Gasteiger partial charge in [-0.2, -0.15) is 0 Å². The second-order valence-electron chi connectivity index (χ2n) is 11.1. The quantitative estimate of drug-likeness (QED) is 0.444. The predicted octanol–water partition coefficient (Wildman–Crippen LogP) is 4.42. The van der Waals surface area contributed by atoms with Crippen LogP contribution in [0.15, 0.2) is 51.7 Å². The summed E-state index contributed by atoms with van der Waals surface area (Å²) in [7, 11) is -1.78. The number of anilines is 1. The van der Waals surface area contributed by atoms with Crippen molar-refractivity contribution in [3.8, 4) is 0 Å². The molecule has 2 aliphatic heterocycles. The first-order chi connectivity index (χ1) is 19.1. The van der Waals surface area contributed by atoms with Crippen LogP contribution in [-0.2, 0) is 14.8 Å². The predicted molar refractivity (Wildman–Crippen MR) is 162 cm³/mol. The van der Waals surface area contributed by atoms with Crippen molar-refractivity contribution < 1.29 is 17.9 Å². The lowest BCUT2D eigenvalue weighted by molar-refractivity contribution is 0.0538. The minimum Gasteiger partial charge on any atom is -0.378 e. The Morgan fingerprint density at radius 2 is 1.77 bits per heavy atom. The van der Waals surface area contributed by atoms with E-state index in [0.717, 1.165) is 87.3 Å². The van der Waals surface area contributed by atoms with Gasteiger partial charge in [0, 0.05) is 49.7 Å². The standard InChI is InChI=1S/C30H43N5O4S/c1-21-9-12-26(33-40(5,37)38)25(18-21)30(36)35-13-7-6-8-29(35)28(31-4)19-22(2)32-27(24-10-11-24)20-23(3)34-14-16-39-17-15-34/h9,12,18-20,24,29,33H,6-8,10-11,13-17H2,1-5H3/b22-19+,23-20+,31-28?,32-27-/t29-/m0/s1. The van der Waals surface area contributed by atoms with Gasteiger partial charge in [-0.3, -0.25) is 19.5 Å². The number of allylic oxidation sites excluding steroid dienone is 3. The first-order valence-electron chi connectivity index (χ1n) is 14.2. The summed E-state index contributed by atoms with van der Waals surface area (Å²) in [6, 6.07) is 4.99. The molecule has 3 fully saturated rings. The zero-order chi connectivity index (χ0) is 28.9. The summed E-state index contributed by atoms with van der Waals surface area (Å²) in [5.74, 6) is 0.286. The van der Waals surface area contributed by atoms with E-state index in [4.69, 9.17) is 9.73 Å². The maximum absolute atomic E-state index is 13.9. The van der Waals surface area contributed by atoms with Gasteiger partial charge in [0.2, 0.25) is 10.0 Å². The topological polar surface area (TPSA) is 104 Å². The van der Waals surface area contributed by atoms with Crippen LogP contribution in [0.5, 0.6) is 0 Å². The van der Waals surface area contributed by atoms with Crippen molar-refractivity contribution in [2.45, 2.75) is 58.9 Å². The van der Waals surface area contributed by atoms with Gasteiger partial charge in [-0.05, 0) is 77.2 Å². The fourth-order valence-electron chi connectivity index (χ4n) is 5.36. The molecule has 1 N–H and O–H groups in total. The molecule has 1 atom stereocenters. The minimum atomic E-state index is -3.54. The molecule has 1 saturated carbocycles. The second kappa shape index (κ2) is 13.1. The number of nitrogens with one attached hydrogen (secondary N) is 1. The Kier molecular flexibility index (Phi) is 9.84. The molecular formula is C30H43N5O4S. The molecule has 2 heterocycles. The van der Waals surface area contributed by atoms with Crippen molar-refractivity contribution >= 4 is 33.0 Å². The zero-order valence-corrected chi connectivity index (χ0v) is 25.3. The molecular weight excluding hydrogens is 526 g/mol. The molecule has 218 valence electrons. The Morgan fingerprint density at radius 3 is 2.42 bits per heavy atom.